The summed E-state index contributed by atoms with van der Waals surface area (Å²) in [5.74, 6) is -3.67. The fourth-order valence-corrected chi connectivity index (χ4v) is 5.25. The number of rotatable bonds is 14. The average Bonchev–Trinajstić information content (AvgIpc) is 2.96. The summed E-state index contributed by atoms with van der Waals surface area (Å²) in [6, 6.07) is 17.5. The Bertz CT molecular complexity index is 1140. The number of hydrogen-bond acceptors (Lipinski definition) is 6. The molecule has 1 fully saturated rings. The predicted octanol–water partition coefficient (Wildman–Crippen LogP) is 3.33. The molecule has 1 atom stereocenters. The predicted molar refractivity (Wildman–Crippen MR) is 151 cm³/mol. The molecule has 0 aromatic heterocycles. The van der Waals surface area contributed by atoms with Crippen molar-refractivity contribution in [2.24, 2.45) is 0 Å². The van der Waals surface area contributed by atoms with E-state index in [9.17, 15) is 32.3 Å². The van der Waals surface area contributed by atoms with E-state index in [2.05, 4.69) is 33.0 Å². The molecule has 12 heteroatoms. The highest BCUT2D eigenvalue weighted by Gasteiger charge is 2.37. The number of nitrogens with zero attached hydrogens (tertiary/aromatic N) is 1. The molecule has 1 aliphatic rings. The van der Waals surface area contributed by atoms with E-state index in [1.165, 1.54) is 5.56 Å². The minimum absolute atomic E-state index is 0.0782. The third-order valence-electron chi connectivity index (χ3n) is 6.61. The summed E-state index contributed by atoms with van der Waals surface area (Å²) in [5, 5.41) is 8.16. The van der Waals surface area contributed by atoms with Crippen LogP contribution in [0.1, 0.15) is 41.6 Å². The van der Waals surface area contributed by atoms with Gasteiger partial charge in [-0.25, -0.2) is 0 Å². The van der Waals surface area contributed by atoms with Gasteiger partial charge in [0.15, 0.2) is 0 Å². The van der Waals surface area contributed by atoms with Crippen LogP contribution in [0.15, 0.2) is 60.7 Å². The minimum Gasteiger partial charge on any atom is -0.351 e. The number of piperidine rings is 1. The van der Waals surface area contributed by atoms with Crippen molar-refractivity contribution >= 4 is 35.3 Å². The second-order valence-corrected chi connectivity index (χ2v) is 10.9. The summed E-state index contributed by atoms with van der Waals surface area (Å²) < 4.78 is 37.3. The Kier molecular flexibility index (Phi) is 12.7. The molecule has 1 heterocycles. The van der Waals surface area contributed by atoms with Crippen molar-refractivity contribution < 1.29 is 32.3 Å². The van der Waals surface area contributed by atoms with Crippen molar-refractivity contribution in [3.05, 3.63) is 71.8 Å². The van der Waals surface area contributed by atoms with Crippen LogP contribution in [-0.4, -0.2) is 77.8 Å². The van der Waals surface area contributed by atoms with Gasteiger partial charge in [0.1, 0.15) is 6.04 Å². The molecule has 0 spiro atoms. The first-order valence-corrected chi connectivity index (χ1v) is 14.6. The molecule has 1 saturated heterocycles. The third kappa shape index (κ3) is 11.6. The number of Topliss-reactive ketones (excluding diaryl/α,β-unsaturated/α-hetero) is 1. The van der Waals surface area contributed by atoms with Gasteiger partial charge >= 0.3 is 6.18 Å². The molecule has 0 radical (unpaired) electrons. The molecular weight excluding hydrogens is 557 g/mol. The van der Waals surface area contributed by atoms with Gasteiger partial charge in [-0.2, -0.15) is 24.9 Å². The number of thioether (sulfide) groups is 1. The van der Waals surface area contributed by atoms with Gasteiger partial charge in [0.25, 0.3) is 5.91 Å². The highest BCUT2D eigenvalue weighted by molar-refractivity contribution is 7.99. The number of amides is 3. The van der Waals surface area contributed by atoms with Gasteiger partial charge in [-0.15, -0.1) is 0 Å². The molecule has 222 valence electrons. The van der Waals surface area contributed by atoms with Crippen LogP contribution in [0, 0.1) is 0 Å². The summed E-state index contributed by atoms with van der Waals surface area (Å²) in [6.45, 7) is 2.08. The largest absolute Gasteiger partial charge is 0.450 e. The van der Waals surface area contributed by atoms with Crippen molar-refractivity contribution in [1.29, 1.82) is 0 Å². The van der Waals surface area contributed by atoms with Gasteiger partial charge in [-0.05, 0) is 49.1 Å². The number of halogens is 3. The molecule has 1 aliphatic heterocycles. The highest BCUT2D eigenvalue weighted by atomic mass is 32.2. The maximum Gasteiger partial charge on any atom is 0.450 e. The van der Waals surface area contributed by atoms with Gasteiger partial charge in [0.05, 0.1) is 12.3 Å². The van der Waals surface area contributed by atoms with E-state index in [4.69, 9.17) is 0 Å². The number of ketones is 1. The van der Waals surface area contributed by atoms with Gasteiger partial charge in [-0.3, -0.25) is 24.1 Å². The average molecular weight is 593 g/mol. The lowest BCUT2D eigenvalue weighted by Gasteiger charge is -2.33. The van der Waals surface area contributed by atoms with Crippen LogP contribution in [0.25, 0.3) is 0 Å². The second-order valence-electron chi connectivity index (χ2n) is 9.83. The fourth-order valence-electron chi connectivity index (χ4n) is 4.38. The lowest BCUT2D eigenvalue weighted by molar-refractivity contribution is -0.167. The van der Waals surface area contributed by atoms with Crippen LogP contribution < -0.4 is 16.0 Å². The lowest BCUT2D eigenvalue weighted by atomic mass is 10.0. The van der Waals surface area contributed by atoms with E-state index in [1.54, 1.807) is 30.3 Å². The monoisotopic (exact) mass is 592 g/mol. The third-order valence-corrected chi connectivity index (χ3v) is 7.65. The highest BCUT2D eigenvalue weighted by Crippen LogP contribution is 2.19. The van der Waals surface area contributed by atoms with Crippen LogP contribution in [0.3, 0.4) is 0 Å². The molecule has 8 nitrogen and oxygen atoms in total. The number of nitrogens with one attached hydrogen (secondary N) is 3. The Labute approximate surface area is 241 Å². The first-order chi connectivity index (χ1) is 19.6. The number of likely N-dealkylation sites (tertiary alicyclic amines) is 1. The maximum atomic E-state index is 13.1. The zero-order valence-electron chi connectivity index (χ0n) is 22.6. The second kappa shape index (κ2) is 16.2. The number of alkyl halides is 3. The molecular formula is C29H35F3N4O4S. The number of carbonyl (C=O) groups is 4. The Hall–Kier alpha value is -3.38. The van der Waals surface area contributed by atoms with Crippen LogP contribution >= 0.6 is 11.8 Å². The first kappa shape index (κ1) is 32.1. The topological polar surface area (TPSA) is 108 Å². The number of carbonyl (C=O) groups excluding carboxylic acids is 4. The standard InChI is InChI=1S/C29H35F3N4O4S/c30-29(31,32)25(37)20-41-17-7-12-24(35-26(38)18-33-27(39)22-10-5-2-6-11-22)28(40)34-23-13-15-36(16-14-23)19-21-8-3-1-4-9-21/h1-6,8-11,23-24H,7,12-20H2,(H,33,39)(H,34,40)(H,35,38)/t24-/m0/s1. The van der Waals surface area contributed by atoms with Gasteiger partial charge < -0.3 is 16.0 Å². The fraction of sp³-hybridized carbons (Fsp3) is 0.448. The van der Waals surface area contributed by atoms with E-state index in [0.717, 1.165) is 44.2 Å². The smallest absolute Gasteiger partial charge is 0.351 e. The molecule has 0 unspecified atom stereocenters. The van der Waals surface area contributed by atoms with E-state index in [1.807, 2.05) is 18.2 Å². The zero-order valence-corrected chi connectivity index (χ0v) is 23.4. The van der Waals surface area contributed by atoms with Crippen molar-refractivity contribution in [2.45, 2.75) is 50.5 Å². The van der Waals surface area contributed by atoms with Crippen LogP contribution in [-0.2, 0) is 20.9 Å². The normalized spacial score (nSPS) is 15.1. The Morgan fingerprint density at radius 1 is 0.951 bits per heavy atom. The summed E-state index contributed by atoms with van der Waals surface area (Å²) in [4.78, 5) is 51.4. The molecule has 3 rings (SSSR count). The Morgan fingerprint density at radius 2 is 1.59 bits per heavy atom. The Morgan fingerprint density at radius 3 is 2.22 bits per heavy atom. The molecule has 2 aromatic rings. The van der Waals surface area contributed by atoms with E-state index < -0.39 is 35.6 Å². The minimum atomic E-state index is -4.87. The maximum absolute atomic E-state index is 13.1. The quantitative estimate of drug-likeness (QED) is 0.291. The van der Waals surface area contributed by atoms with Crippen molar-refractivity contribution in [3.63, 3.8) is 0 Å². The van der Waals surface area contributed by atoms with Gasteiger partial charge in [0, 0.05) is 31.2 Å². The first-order valence-electron chi connectivity index (χ1n) is 13.5. The SMILES string of the molecule is O=C(CNC(=O)c1ccccc1)N[C@@H](CCCSCC(=O)C(F)(F)F)C(=O)NC1CCN(Cc2ccccc2)CC1. The summed E-state index contributed by atoms with van der Waals surface area (Å²) >= 11 is 0.833. The van der Waals surface area contributed by atoms with Gasteiger partial charge in [0.2, 0.25) is 17.6 Å². The molecule has 3 N–H and O–H groups in total. The lowest BCUT2D eigenvalue weighted by Crippen LogP contribution is -2.53. The number of benzene rings is 2. The van der Waals surface area contributed by atoms with E-state index in [-0.39, 0.29) is 30.7 Å². The summed E-state index contributed by atoms with van der Waals surface area (Å²) in [7, 11) is 0. The molecule has 0 bridgehead atoms. The van der Waals surface area contributed by atoms with Crippen molar-refractivity contribution in [3.8, 4) is 0 Å². The molecule has 2 aromatic carbocycles. The molecule has 0 aliphatic carbocycles. The Balaban J connectivity index is 1.49. The zero-order chi connectivity index (χ0) is 29.7. The molecule has 3 amide bonds. The van der Waals surface area contributed by atoms with Gasteiger partial charge in [-0.1, -0.05) is 48.5 Å². The molecule has 41 heavy (non-hydrogen) atoms. The van der Waals surface area contributed by atoms with Crippen LogP contribution in [0.4, 0.5) is 13.2 Å². The number of hydrogen-bond donors (Lipinski definition) is 3. The van der Waals surface area contributed by atoms with E-state index in [0.29, 0.717) is 12.0 Å². The van der Waals surface area contributed by atoms with Crippen molar-refractivity contribution in [1.82, 2.24) is 20.9 Å². The van der Waals surface area contributed by atoms with Crippen molar-refractivity contribution in [2.75, 3.05) is 31.1 Å². The molecule has 0 saturated carbocycles. The van der Waals surface area contributed by atoms with Crippen LogP contribution in [0.2, 0.25) is 0 Å². The summed E-state index contributed by atoms with van der Waals surface area (Å²) in [5.41, 5.74) is 1.60. The summed E-state index contributed by atoms with van der Waals surface area (Å²) in [6.07, 6.45) is -2.92. The van der Waals surface area contributed by atoms with Crippen LogP contribution in [0.5, 0.6) is 0 Å². The van der Waals surface area contributed by atoms with E-state index >= 15 is 0 Å².